The van der Waals surface area contributed by atoms with E-state index in [0.29, 0.717) is 17.4 Å². The Morgan fingerprint density at radius 3 is 2.59 bits per heavy atom. The van der Waals surface area contributed by atoms with Gasteiger partial charge in [0.25, 0.3) is 0 Å². The van der Waals surface area contributed by atoms with Gasteiger partial charge in [-0.2, -0.15) is 5.10 Å². The SMILES string of the molecule is CC(C)c1cc(C2(N)C=C(N)NC(N)=N2)n[nH]1. The number of rotatable bonds is 2. The summed E-state index contributed by atoms with van der Waals surface area (Å²) in [4.78, 5) is 4.13. The van der Waals surface area contributed by atoms with Gasteiger partial charge in [-0.25, -0.2) is 4.99 Å². The lowest BCUT2D eigenvalue weighted by molar-refractivity contribution is 0.551. The van der Waals surface area contributed by atoms with E-state index in [1.807, 2.05) is 6.07 Å². The van der Waals surface area contributed by atoms with Crippen molar-refractivity contribution in [2.75, 3.05) is 0 Å². The van der Waals surface area contributed by atoms with Crippen molar-refractivity contribution in [1.29, 1.82) is 0 Å². The predicted molar refractivity (Wildman–Crippen MR) is 65.6 cm³/mol. The molecule has 0 aliphatic carbocycles. The molecule has 7 heteroatoms. The van der Waals surface area contributed by atoms with Crippen LogP contribution in [0.2, 0.25) is 0 Å². The number of H-pyrrole nitrogens is 1. The minimum atomic E-state index is -1.11. The second-order valence-electron chi connectivity index (χ2n) is 4.41. The molecule has 0 bridgehead atoms. The van der Waals surface area contributed by atoms with Crippen LogP contribution in [-0.2, 0) is 5.66 Å². The van der Waals surface area contributed by atoms with Crippen LogP contribution in [0.1, 0.15) is 31.2 Å². The largest absolute Gasteiger partial charge is 0.385 e. The zero-order chi connectivity index (χ0) is 12.6. The third-order valence-corrected chi connectivity index (χ3v) is 2.58. The van der Waals surface area contributed by atoms with Crippen molar-refractivity contribution in [2.24, 2.45) is 22.2 Å². The Kier molecular flexibility index (Phi) is 2.55. The number of aliphatic imine (C=N–C) groups is 1. The average Bonchev–Trinajstić information content (AvgIpc) is 2.63. The lowest BCUT2D eigenvalue weighted by atomic mass is 10.0. The van der Waals surface area contributed by atoms with E-state index in [2.05, 4.69) is 34.4 Å². The quantitative estimate of drug-likeness (QED) is 0.465. The van der Waals surface area contributed by atoms with Crippen molar-refractivity contribution in [2.45, 2.75) is 25.4 Å². The summed E-state index contributed by atoms with van der Waals surface area (Å²) >= 11 is 0. The summed E-state index contributed by atoms with van der Waals surface area (Å²) in [5.74, 6) is 0.889. The van der Waals surface area contributed by atoms with Gasteiger partial charge in [-0.15, -0.1) is 0 Å². The van der Waals surface area contributed by atoms with Crippen molar-refractivity contribution < 1.29 is 0 Å². The van der Waals surface area contributed by atoms with E-state index < -0.39 is 5.66 Å². The van der Waals surface area contributed by atoms with Gasteiger partial charge < -0.3 is 16.8 Å². The number of nitrogens with one attached hydrogen (secondary N) is 2. The summed E-state index contributed by atoms with van der Waals surface area (Å²) in [5, 5.41) is 9.77. The fourth-order valence-corrected chi connectivity index (χ4v) is 1.65. The molecule has 7 nitrogen and oxygen atoms in total. The fraction of sp³-hybridized carbons (Fsp3) is 0.400. The van der Waals surface area contributed by atoms with Gasteiger partial charge in [0.05, 0.1) is 0 Å². The van der Waals surface area contributed by atoms with Gasteiger partial charge in [0.15, 0.2) is 11.6 Å². The molecule has 0 saturated heterocycles. The average molecular weight is 235 g/mol. The third-order valence-electron chi connectivity index (χ3n) is 2.58. The zero-order valence-corrected chi connectivity index (χ0v) is 9.86. The number of aromatic nitrogens is 2. The van der Waals surface area contributed by atoms with Crippen LogP contribution in [0.3, 0.4) is 0 Å². The second-order valence-corrected chi connectivity index (χ2v) is 4.41. The molecule has 1 unspecified atom stereocenters. The van der Waals surface area contributed by atoms with E-state index in [4.69, 9.17) is 17.2 Å². The highest BCUT2D eigenvalue weighted by molar-refractivity contribution is 5.81. The minimum absolute atomic E-state index is 0.182. The van der Waals surface area contributed by atoms with Gasteiger partial charge in [0.2, 0.25) is 0 Å². The van der Waals surface area contributed by atoms with Crippen LogP contribution in [0.25, 0.3) is 0 Å². The first-order chi connectivity index (χ1) is 7.90. The number of hydrogen-bond donors (Lipinski definition) is 5. The number of hydrogen-bond acceptors (Lipinski definition) is 6. The fourth-order valence-electron chi connectivity index (χ4n) is 1.65. The summed E-state index contributed by atoms with van der Waals surface area (Å²) < 4.78 is 0. The predicted octanol–water partition coefficient (Wildman–Crippen LogP) is -0.637. The van der Waals surface area contributed by atoms with E-state index in [1.54, 1.807) is 6.08 Å². The number of nitrogens with two attached hydrogens (primary N) is 3. The van der Waals surface area contributed by atoms with Crippen LogP contribution in [-0.4, -0.2) is 16.2 Å². The van der Waals surface area contributed by atoms with Crippen molar-refractivity contribution in [1.82, 2.24) is 15.5 Å². The molecule has 0 radical (unpaired) electrons. The van der Waals surface area contributed by atoms with E-state index in [-0.39, 0.29) is 5.96 Å². The lowest BCUT2D eigenvalue weighted by Gasteiger charge is -2.25. The molecule has 1 atom stereocenters. The molecular weight excluding hydrogens is 218 g/mol. The first-order valence-electron chi connectivity index (χ1n) is 5.36. The highest BCUT2D eigenvalue weighted by Gasteiger charge is 2.31. The van der Waals surface area contributed by atoms with E-state index in [9.17, 15) is 0 Å². The van der Waals surface area contributed by atoms with Crippen molar-refractivity contribution in [3.63, 3.8) is 0 Å². The molecule has 1 aliphatic heterocycles. The Labute approximate surface area is 99.2 Å². The molecule has 2 rings (SSSR count). The van der Waals surface area contributed by atoms with Crippen molar-refractivity contribution in [3.05, 3.63) is 29.4 Å². The van der Waals surface area contributed by atoms with E-state index in [1.165, 1.54) is 0 Å². The normalized spacial score (nSPS) is 24.2. The van der Waals surface area contributed by atoms with Gasteiger partial charge in [-0.1, -0.05) is 13.8 Å². The van der Waals surface area contributed by atoms with Gasteiger partial charge in [-0.05, 0) is 12.0 Å². The molecular formula is C10H17N7. The first-order valence-corrected chi connectivity index (χ1v) is 5.36. The van der Waals surface area contributed by atoms with Crippen LogP contribution in [0.5, 0.6) is 0 Å². The van der Waals surface area contributed by atoms with E-state index >= 15 is 0 Å². The molecule has 92 valence electrons. The maximum absolute atomic E-state index is 6.13. The maximum Gasteiger partial charge on any atom is 0.196 e. The molecule has 1 aromatic heterocycles. The van der Waals surface area contributed by atoms with Gasteiger partial charge in [0.1, 0.15) is 11.5 Å². The minimum Gasteiger partial charge on any atom is -0.385 e. The number of nitrogens with zero attached hydrogens (tertiary/aromatic N) is 2. The maximum atomic E-state index is 6.13. The Morgan fingerprint density at radius 2 is 2.06 bits per heavy atom. The Bertz CT molecular complexity index is 465. The summed E-state index contributed by atoms with van der Waals surface area (Å²) in [6, 6.07) is 1.87. The summed E-state index contributed by atoms with van der Waals surface area (Å²) in [6.07, 6.45) is 1.59. The molecule has 0 aromatic carbocycles. The van der Waals surface area contributed by atoms with Gasteiger partial charge in [0, 0.05) is 11.8 Å². The zero-order valence-electron chi connectivity index (χ0n) is 9.86. The van der Waals surface area contributed by atoms with Crippen LogP contribution >= 0.6 is 0 Å². The first kappa shape index (κ1) is 11.5. The Morgan fingerprint density at radius 1 is 1.35 bits per heavy atom. The van der Waals surface area contributed by atoms with Crippen LogP contribution in [0.4, 0.5) is 0 Å². The van der Waals surface area contributed by atoms with Crippen molar-refractivity contribution >= 4 is 5.96 Å². The second kappa shape index (κ2) is 3.77. The lowest BCUT2D eigenvalue weighted by Crippen LogP contribution is -2.46. The highest BCUT2D eigenvalue weighted by atomic mass is 15.2. The number of aromatic amines is 1. The molecule has 1 aliphatic rings. The summed E-state index contributed by atoms with van der Waals surface area (Å²) in [7, 11) is 0. The van der Waals surface area contributed by atoms with Crippen LogP contribution < -0.4 is 22.5 Å². The molecule has 0 saturated carbocycles. The summed E-state index contributed by atoms with van der Waals surface area (Å²) in [6.45, 7) is 4.12. The topological polar surface area (TPSA) is 131 Å². The summed E-state index contributed by atoms with van der Waals surface area (Å²) in [5.41, 5.74) is 17.9. The van der Waals surface area contributed by atoms with E-state index in [0.717, 1.165) is 5.69 Å². The molecule has 0 spiro atoms. The standard InChI is InChI=1S/C10H17N7/c1-5(2)6-3-7(17-16-6)10(13)4-8(11)14-9(12)15-10/h3-5H,11,13H2,1-2H3,(H,16,17)(H3,12,14,15). The van der Waals surface area contributed by atoms with Crippen LogP contribution in [0, 0.1) is 0 Å². The molecule has 0 amide bonds. The van der Waals surface area contributed by atoms with Crippen molar-refractivity contribution in [3.8, 4) is 0 Å². The molecule has 0 fully saturated rings. The molecule has 2 heterocycles. The monoisotopic (exact) mass is 235 g/mol. The number of guanidine groups is 1. The third kappa shape index (κ3) is 2.09. The molecule has 8 N–H and O–H groups in total. The highest BCUT2D eigenvalue weighted by Crippen LogP contribution is 2.24. The molecule has 17 heavy (non-hydrogen) atoms. The molecule has 1 aromatic rings. The Hall–Kier alpha value is -2.02. The van der Waals surface area contributed by atoms with Crippen LogP contribution in [0.15, 0.2) is 23.0 Å². The van der Waals surface area contributed by atoms with Gasteiger partial charge >= 0.3 is 0 Å². The van der Waals surface area contributed by atoms with Gasteiger partial charge in [-0.3, -0.25) is 10.8 Å². The smallest absolute Gasteiger partial charge is 0.196 e. The Balaban J connectivity index is 2.40.